The van der Waals surface area contributed by atoms with Gasteiger partial charge in [-0.2, -0.15) is 0 Å². The Kier molecular flexibility index (Phi) is 5.97. The molecule has 4 rings (SSSR count). The molecule has 1 aromatic heterocycles. The summed E-state index contributed by atoms with van der Waals surface area (Å²) in [6.07, 6.45) is 0.711. The fourth-order valence-corrected chi connectivity index (χ4v) is 5.17. The van der Waals surface area contributed by atoms with E-state index in [1.807, 2.05) is 31.2 Å². The highest BCUT2D eigenvalue weighted by molar-refractivity contribution is 8.00. The number of hydrogen-bond donors (Lipinski definition) is 1. The highest BCUT2D eigenvalue weighted by Crippen LogP contribution is 2.34. The van der Waals surface area contributed by atoms with E-state index in [2.05, 4.69) is 12.2 Å². The van der Waals surface area contributed by atoms with Gasteiger partial charge in [-0.25, -0.2) is 9.37 Å². The maximum absolute atomic E-state index is 13.4. The van der Waals surface area contributed by atoms with Gasteiger partial charge in [-0.1, -0.05) is 36.9 Å². The monoisotopic (exact) mass is 441 g/mol. The predicted molar refractivity (Wildman–Crippen MR) is 119 cm³/mol. The largest absolute Gasteiger partial charge is 0.325 e. The summed E-state index contributed by atoms with van der Waals surface area (Å²) < 4.78 is 14.9. The molecular formula is C22H20FN3O2S2. The molecule has 154 valence electrons. The Balaban J connectivity index is 1.63. The van der Waals surface area contributed by atoms with Crippen molar-refractivity contribution in [2.75, 3.05) is 11.1 Å². The first-order valence-electron chi connectivity index (χ1n) is 9.49. The van der Waals surface area contributed by atoms with Crippen LogP contribution in [0.4, 0.5) is 10.1 Å². The number of aromatic nitrogens is 2. The van der Waals surface area contributed by atoms with Gasteiger partial charge in [0.2, 0.25) is 5.91 Å². The molecule has 0 saturated carbocycles. The Bertz CT molecular complexity index is 1160. The molecule has 0 fully saturated rings. The number of rotatable bonds is 5. The molecule has 0 bridgehead atoms. The highest BCUT2D eigenvalue weighted by atomic mass is 32.2. The summed E-state index contributed by atoms with van der Waals surface area (Å²) in [6, 6.07) is 13.3. The second-order valence-electron chi connectivity index (χ2n) is 7.07. The number of carbonyl (C=O) groups excluding carboxylic acids is 1. The number of halogens is 1. The normalized spacial score (nSPS) is 15.1. The summed E-state index contributed by atoms with van der Waals surface area (Å²) in [4.78, 5) is 31.0. The molecular weight excluding hydrogens is 421 g/mol. The molecule has 0 radical (unpaired) electrons. The molecule has 1 N–H and O–H groups in total. The number of nitrogens with one attached hydrogen (secondary N) is 1. The van der Waals surface area contributed by atoms with Crippen LogP contribution in [0, 0.1) is 12.7 Å². The van der Waals surface area contributed by atoms with E-state index in [9.17, 15) is 14.0 Å². The van der Waals surface area contributed by atoms with E-state index in [1.165, 1.54) is 40.2 Å². The maximum atomic E-state index is 13.4. The Labute approximate surface area is 182 Å². The van der Waals surface area contributed by atoms with Gasteiger partial charge < -0.3 is 5.32 Å². The molecule has 5 nitrogen and oxygen atoms in total. The average Bonchev–Trinajstić information content (AvgIpc) is 3.10. The minimum absolute atomic E-state index is 0.101. The molecule has 0 aliphatic carbocycles. The first-order valence-corrected chi connectivity index (χ1v) is 11.4. The summed E-state index contributed by atoms with van der Waals surface area (Å²) >= 11 is 2.71. The van der Waals surface area contributed by atoms with E-state index in [0.717, 1.165) is 16.9 Å². The van der Waals surface area contributed by atoms with Gasteiger partial charge in [0.25, 0.3) is 5.56 Å². The van der Waals surface area contributed by atoms with Crippen molar-refractivity contribution in [3.05, 3.63) is 76.0 Å². The number of amides is 1. The molecule has 3 aromatic rings. The van der Waals surface area contributed by atoms with Crippen molar-refractivity contribution in [3.63, 3.8) is 0 Å². The van der Waals surface area contributed by atoms with Crippen molar-refractivity contribution >= 4 is 35.1 Å². The second-order valence-corrected chi connectivity index (χ2v) is 9.46. The third-order valence-electron chi connectivity index (χ3n) is 4.72. The van der Waals surface area contributed by atoms with Crippen molar-refractivity contribution in [2.24, 2.45) is 0 Å². The lowest BCUT2D eigenvalue weighted by Gasteiger charge is -2.14. The number of fused-ring (bicyclic) bond motifs is 1. The molecule has 1 atom stereocenters. The van der Waals surface area contributed by atoms with E-state index in [0.29, 0.717) is 22.2 Å². The van der Waals surface area contributed by atoms with Crippen LogP contribution in [0.3, 0.4) is 0 Å². The quantitative estimate of drug-likeness (QED) is 0.468. The third-order valence-corrected chi connectivity index (χ3v) is 6.87. The Morgan fingerprint density at radius 3 is 2.73 bits per heavy atom. The number of anilines is 1. The van der Waals surface area contributed by atoms with Crippen LogP contribution < -0.4 is 10.9 Å². The van der Waals surface area contributed by atoms with Gasteiger partial charge in [0.05, 0.1) is 22.0 Å². The summed E-state index contributed by atoms with van der Waals surface area (Å²) in [5.41, 5.74) is 2.84. The first kappa shape index (κ1) is 20.7. The molecule has 2 aromatic carbocycles. The van der Waals surface area contributed by atoms with Crippen molar-refractivity contribution in [2.45, 2.75) is 35.6 Å². The topological polar surface area (TPSA) is 64.0 Å². The zero-order valence-electron chi connectivity index (χ0n) is 16.5. The van der Waals surface area contributed by atoms with Crippen LogP contribution in [0.15, 0.2) is 63.4 Å². The molecule has 1 aliphatic heterocycles. The molecule has 8 heteroatoms. The molecule has 1 unspecified atom stereocenters. The van der Waals surface area contributed by atoms with Crippen molar-refractivity contribution < 1.29 is 9.18 Å². The predicted octanol–water partition coefficient (Wildman–Crippen LogP) is 4.45. The number of thioether (sulfide) groups is 2. The molecule has 1 amide bonds. The van der Waals surface area contributed by atoms with Crippen molar-refractivity contribution in [3.8, 4) is 5.69 Å². The van der Waals surface area contributed by atoms with Crippen LogP contribution in [0.5, 0.6) is 0 Å². The minimum Gasteiger partial charge on any atom is -0.325 e. The Morgan fingerprint density at radius 1 is 1.27 bits per heavy atom. The SMILES string of the molecule is Cc1ccccc1NC(=O)CSc1nc2c(c(=O)n1-c1ccc(F)cc1)SC(C)C2. The number of hydrogen-bond acceptors (Lipinski definition) is 5. The molecule has 1 aliphatic rings. The minimum atomic E-state index is -0.379. The molecule has 0 spiro atoms. The second kappa shape index (κ2) is 8.65. The molecule has 0 saturated heterocycles. The zero-order chi connectivity index (χ0) is 21.3. The van der Waals surface area contributed by atoms with Crippen molar-refractivity contribution in [1.82, 2.24) is 9.55 Å². The van der Waals surface area contributed by atoms with Gasteiger partial charge in [0.15, 0.2) is 5.16 Å². The van der Waals surface area contributed by atoms with Gasteiger partial charge in [-0.15, -0.1) is 11.8 Å². The van der Waals surface area contributed by atoms with E-state index >= 15 is 0 Å². The summed E-state index contributed by atoms with van der Waals surface area (Å²) in [5, 5.41) is 3.59. The van der Waals surface area contributed by atoms with E-state index < -0.39 is 0 Å². The van der Waals surface area contributed by atoms with Gasteiger partial charge in [0.1, 0.15) is 5.82 Å². The number of benzene rings is 2. The maximum Gasteiger partial charge on any atom is 0.272 e. The fraction of sp³-hybridized carbons (Fsp3) is 0.227. The standard InChI is InChI=1S/C22H20FN3O2S2/c1-13-5-3-4-6-17(13)24-19(27)12-29-22-25-18-11-14(2)30-20(18)21(28)26(22)16-9-7-15(23)8-10-16/h3-10,14H,11-12H2,1-2H3,(H,24,27). The lowest BCUT2D eigenvalue weighted by molar-refractivity contribution is -0.113. The van der Waals surface area contributed by atoms with Gasteiger partial charge in [0, 0.05) is 17.4 Å². The lowest BCUT2D eigenvalue weighted by atomic mass is 10.2. The first-order chi connectivity index (χ1) is 14.4. The molecule has 2 heterocycles. The Morgan fingerprint density at radius 2 is 2.00 bits per heavy atom. The van der Waals surface area contributed by atoms with E-state index in [1.54, 1.807) is 12.1 Å². The van der Waals surface area contributed by atoms with Crippen LogP contribution in [0.1, 0.15) is 18.2 Å². The van der Waals surface area contributed by atoms with Crippen LogP contribution in [0.25, 0.3) is 5.69 Å². The lowest BCUT2D eigenvalue weighted by Crippen LogP contribution is -2.24. The highest BCUT2D eigenvalue weighted by Gasteiger charge is 2.27. The Hall–Kier alpha value is -2.58. The smallest absolute Gasteiger partial charge is 0.272 e. The number of aryl methyl sites for hydroxylation is 1. The van der Waals surface area contributed by atoms with Crippen LogP contribution >= 0.6 is 23.5 Å². The number of para-hydroxylation sites is 1. The van der Waals surface area contributed by atoms with Crippen LogP contribution in [-0.2, 0) is 11.2 Å². The molecule has 30 heavy (non-hydrogen) atoms. The van der Waals surface area contributed by atoms with E-state index in [-0.39, 0.29) is 28.3 Å². The zero-order valence-corrected chi connectivity index (χ0v) is 18.1. The summed E-state index contributed by atoms with van der Waals surface area (Å²) in [6.45, 7) is 3.98. The summed E-state index contributed by atoms with van der Waals surface area (Å²) in [7, 11) is 0. The van der Waals surface area contributed by atoms with Crippen molar-refractivity contribution in [1.29, 1.82) is 0 Å². The fourth-order valence-electron chi connectivity index (χ4n) is 3.24. The van der Waals surface area contributed by atoms with Crippen LogP contribution in [-0.4, -0.2) is 26.5 Å². The summed E-state index contributed by atoms with van der Waals surface area (Å²) in [5.74, 6) is -0.461. The van der Waals surface area contributed by atoms with Crippen LogP contribution in [0.2, 0.25) is 0 Å². The van der Waals surface area contributed by atoms with Gasteiger partial charge in [-0.3, -0.25) is 14.2 Å². The third kappa shape index (κ3) is 4.29. The number of nitrogens with zero attached hydrogens (tertiary/aromatic N) is 2. The van der Waals surface area contributed by atoms with Gasteiger partial charge in [-0.05, 0) is 42.8 Å². The number of carbonyl (C=O) groups is 1. The van der Waals surface area contributed by atoms with Gasteiger partial charge >= 0.3 is 0 Å². The van der Waals surface area contributed by atoms with E-state index in [4.69, 9.17) is 4.98 Å². The average molecular weight is 442 g/mol.